The molecule has 0 saturated carbocycles. The number of nitrogens with zero attached hydrogens (tertiary/aromatic N) is 4. The molecule has 0 bridgehead atoms. The molecule has 1 atom stereocenters. The van der Waals surface area contributed by atoms with Crippen molar-refractivity contribution in [1.29, 1.82) is 0 Å². The average Bonchev–Trinajstić information content (AvgIpc) is 2.88. The highest BCUT2D eigenvalue weighted by Crippen LogP contribution is 2.18. The third kappa shape index (κ3) is 3.06. The quantitative estimate of drug-likeness (QED) is 0.916. The number of aromatic nitrogens is 4. The van der Waals surface area contributed by atoms with Crippen molar-refractivity contribution in [3.8, 4) is 0 Å². The molecule has 0 fully saturated rings. The van der Waals surface area contributed by atoms with Gasteiger partial charge in [-0.2, -0.15) is 5.10 Å². The third-order valence-corrected chi connectivity index (χ3v) is 2.76. The number of hydrogen-bond donors (Lipinski definition) is 1. The molecule has 108 valence electrons. The Kier molecular flexibility index (Phi) is 4.21. The van der Waals surface area contributed by atoms with Crippen molar-refractivity contribution in [2.75, 3.05) is 11.9 Å². The van der Waals surface area contributed by atoms with E-state index >= 15 is 0 Å². The van der Waals surface area contributed by atoms with E-state index in [2.05, 4.69) is 20.4 Å². The standard InChI is InChI=1S/C12H14F3N5/c1-7-10(13)12(19-8(2)18-7)16-6-9(11(14)15)20-5-3-4-17-20/h3-5,9,11H,6H2,1-2H3,(H,16,18,19). The summed E-state index contributed by atoms with van der Waals surface area (Å²) in [4.78, 5) is 7.73. The zero-order valence-corrected chi connectivity index (χ0v) is 11.0. The second-order valence-corrected chi connectivity index (χ2v) is 4.29. The molecule has 0 spiro atoms. The molecule has 0 saturated heterocycles. The maximum absolute atomic E-state index is 13.8. The van der Waals surface area contributed by atoms with E-state index in [1.54, 1.807) is 13.0 Å². The normalized spacial score (nSPS) is 12.7. The van der Waals surface area contributed by atoms with Gasteiger partial charge in [-0.05, 0) is 19.9 Å². The summed E-state index contributed by atoms with van der Waals surface area (Å²) in [5.74, 6) is -0.337. The van der Waals surface area contributed by atoms with Crippen molar-refractivity contribution >= 4 is 5.82 Å². The van der Waals surface area contributed by atoms with Crippen molar-refractivity contribution in [3.63, 3.8) is 0 Å². The zero-order chi connectivity index (χ0) is 14.7. The van der Waals surface area contributed by atoms with Crippen molar-refractivity contribution < 1.29 is 13.2 Å². The first-order valence-electron chi connectivity index (χ1n) is 6.01. The number of nitrogens with one attached hydrogen (secondary N) is 1. The molecule has 2 heterocycles. The minimum absolute atomic E-state index is 0.0761. The molecule has 0 aliphatic rings. The van der Waals surface area contributed by atoms with Crippen LogP contribution in [0, 0.1) is 19.7 Å². The summed E-state index contributed by atoms with van der Waals surface area (Å²) in [5, 5.41) is 6.38. The lowest BCUT2D eigenvalue weighted by atomic mass is 10.3. The number of alkyl halides is 2. The number of hydrogen-bond acceptors (Lipinski definition) is 4. The van der Waals surface area contributed by atoms with E-state index in [0.29, 0.717) is 5.82 Å². The van der Waals surface area contributed by atoms with E-state index < -0.39 is 18.3 Å². The Bertz CT molecular complexity index is 571. The lowest BCUT2D eigenvalue weighted by Gasteiger charge is -2.18. The number of aryl methyl sites for hydroxylation is 2. The Morgan fingerprint density at radius 3 is 2.65 bits per heavy atom. The zero-order valence-electron chi connectivity index (χ0n) is 11.0. The van der Waals surface area contributed by atoms with Gasteiger partial charge in [0.05, 0.1) is 5.69 Å². The molecule has 0 aromatic carbocycles. The molecule has 2 rings (SSSR count). The van der Waals surface area contributed by atoms with Crippen LogP contribution in [0.1, 0.15) is 17.6 Å². The van der Waals surface area contributed by atoms with E-state index in [9.17, 15) is 13.2 Å². The molecule has 0 aliphatic heterocycles. The van der Waals surface area contributed by atoms with Gasteiger partial charge in [-0.15, -0.1) is 0 Å². The molecule has 0 aliphatic carbocycles. The van der Waals surface area contributed by atoms with Crippen LogP contribution >= 0.6 is 0 Å². The van der Waals surface area contributed by atoms with Crippen LogP contribution in [0.4, 0.5) is 19.0 Å². The maximum Gasteiger partial charge on any atom is 0.262 e. The number of halogens is 3. The highest BCUT2D eigenvalue weighted by atomic mass is 19.3. The van der Waals surface area contributed by atoms with E-state index in [1.165, 1.54) is 19.3 Å². The molecule has 20 heavy (non-hydrogen) atoms. The topological polar surface area (TPSA) is 55.6 Å². The number of rotatable bonds is 5. The Balaban J connectivity index is 2.14. The van der Waals surface area contributed by atoms with Gasteiger partial charge in [0, 0.05) is 18.9 Å². The molecule has 8 heteroatoms. The molecule has 2 aromatic heterocycles. The summed E-state index contributed by atoms with van der Waals surface area (Å²) in [7, 11) is 0. The number of anilines is 1. The Morgan fingerprint density at radius 1 is 1.30 bits per heavy atom. The summed E-state index contributed by atoms with van der Waals surface area (Å²) in [6, 6.07) is 0.356. The average molecular weight is 285 g/mol. The molecule has 1 unspecified atom stereocenters. The molecule has 0 amide bonds. The Labute approximate surface area is 113 Å². The predicted octanol–water partition coefficient (Wildman–Crippen LogP) is 2.35. The minimum Gasteiger partial charge on any atom is -0.365 e. The lowest BCUT2D eigenvalue weighted by molar-refractivity contribution is 0.0824. The fraction of sp³-hybridized carbons (Fsp3) is 0.417. The van der Waals surface area contributed by atoms with Crippen LogP contribution in [0.2, 0.25) is 0 Å². The molecular formula is C12H14F3N5. The van der Waals surface area contributed by atoms with Crippen molar-refractivity contribution in [3.05, 3.63) is 35.8 Å². The SMILES string of the molecule is Cc1nc(C)c(F)c(NCC(C(F)F)n2cccn2)n1. The lowest BCUT2D eigenvalue weighted by Crippen LogP contribution is -2.26. The molecule has 2 aromatic rings. The van der Waals surface area contributed by atoms with Crippen LogP contribution in [0.25, 0.3) is 0 Å². The molecule has 0 radical (unpaired) electrons. The van der Waals surface area contributed by atoms with E-state index in [4.69, 9.17) is 0 Å². The fourth-order valence-electron chi connectivity index (χ4n) is 1.79. The van der Waals surface area contributed by atoms with Gasteiger partial charge in [-0.3, -0.25) is 4.68 Å². The van der Waals surface area contributed by atoms with Gasteiger partial charge in [0.25, 0.3) is 6.43 Å². The van der Waals surface area contributed by atoms with Gasteiger partial charge < -0.3 is 5.32 Å². The van der Waals surface area contributed by atoms with Gasteiger partial charge in [0.1, 0.15) is 11.9 Å². The highest BCUT2D eigenvalue weighted by molar-refractivity contribution is 5.38. The molecule has 1 N–H and O–H groups in total. The summed E-state index contributed by atoms with van der Waals surface area (Å²) in [5.41, 5.74) is 0.174. The van der Waals surface area contributed by atoms with Gasteiger partial charge in [-0.25, -0.2) is 23.1 Å². The van der Waals surface area contributed by atoms with Crippen molar-refractivity contribution in [2.45, 2.75) is 26.3 Å². The third-order valence-electron chi connectivity index (χ3n) is 2.76. The first-order chi connectivity index (χ1) is 9.49. The Hall–Kier alpha value is -2.12. The fourth-order valence-corrected chi connectivity index (χ4v) is 1.79. The van der Waals surface area contributed by atoms with Crippen LogP contribution in [-0.4, -0.2) is 32.7 Å². The van der Waals surface area contributed by atoms with E-state index in [1.807, 2.05) is 0 Å². The van der Waals surface area contributed by atoms with Crippen LogP contribution in [0.5, 0.6) is 0 Å². The predicted molar refractivity (Wildman–Crippen MR) is 67.2 cm³/mol. The van der Waals surface area contributed by atoms with Gasteiger partial charge >= 0.3 is 0 Å². The summed E-state index contributed by atoms with van der Waals surface area (Å²) in [6.07, 6.45) is 0.217. The van der Waals surface area contributed by atoms with E-state index in [-0.39, 0.29) is 18.1 Å². The van der Waals surface area contributed by atoms with Gasteiger partial charge in [0.15, 0.2) is 11.6 Å². The minimum atomic E-state index is -2.63. The second-order valence-electron chi connectivity index (χ2n) is 4.29. The maximum atomic E-state index is 13.8. The van der Waals surface area contributed by atoms with Crippen LogP contribution in [0.15, 0.2) is 18.5 Å². The summed E-state index contributed by atoms with van der Waals surface area (Å²) in [6.45, 7) is 2.91. The summed E-state index contributed by atoms with van der Waals surface area (Å²) >= 11 is 0. The first kappa shape index (κ1) is 14.3. The molecular weight excluding hydrogens is 271 g/mol. The molecule has 5 nitrogen and oxygen atoms in total. The van der Waals surface area contributed by atoms with Gasteiger partial charge in [0.2, 0.25) is 0 Å². The van der Waals surface area contributed by atoms with Gasteiger partial charge in [-0.1, -0.05) is 0 Å². The first-order valence-corrected chi connectivity index (χ1v) is 6.01. The summed E-state index contributed by atoms with van der Waals surface area (Å²) < 4.78 is 40.9. The highest BCUT2D eigenvalue weighted by Gasteiger charge is 2.23. The van der Waals surface area contributed by atoms with E-state index in [0.717, 1.165) is 4.68 Å². The monoisotopic (exact) mass is 285 g/mol. The smallest absolute Gasteiger partial charge is 0.262 e. The van der Waals surface area contributed by atoms with Crippen molar-refractivity contribution in [2.24, 2.45) is 0 Å². The van der Waals surface area contributed by atoms with Crippen LogP contribution < -0.4 is 5.32 Å². The Morgan fingerprint density at radius 2 is 2.05 bits per heavy atom. The second kappa shape index (κ2) is 5.89. The van der Waals surface area contributed by atoms with Crippen LogP contribution in [-0.2, 0) is 0 Å². The van der Waals surface area contributed by atoms with Crippen LogP contribution in [0.3, 0.4) is 0 Å². The van der Waals surface area contributed by atoms with Crippen molar-refractivity contribution in [1.82, 2.24) is 19.7 Å². The largest absolute Gasteiger partial charge is 0.365 e.